The van der Waals surface area contributed by atoms with Gasteiger partial charge >= 0.3 is 0 Å². The van der Waals surface area contributed by atoms with Crippen molar-refractivity contribution in [1.29, 1.82) is 0 Å². The van der Waals surface area contributed by atoms with Crippen molar-refractivity contribution in [2.24, 2.45) is 0 Å². The standard InChI is InChI=1S/C25H28N2O6S/c1-27(18-19-7-5-4-6-8-19)34(29,30)24-17-20(9-14-23(24)32-3)25(28)26-15-16-33-22-12-10-21(31-2)11-13-22/h4-14,17H,15-16,18H2,1-3H3,(H,26,28). The lowest BCUT2D eigenvalue weighted by atomic mass is 10.2. The van der Waals surface area contributed by atoms with E-state index in [1.165, 1.54) is 36.7 Å². The van der Waals surface area contributed by atoms with Crippen LogP contribution in [-0.2, 0) is 16.6 Å². The maximum atomic E-state index is 13.2. The summed E-state index contributed by atoms with van der Waals surface area (Å²) in [6.07, 6.45) is 0. The molecule has 0 radical (unpaired) electrons. The molecule has 3 rings (SSSR count). The Morgan fingerprint density at radius 1 is 0.912 bits per heavy atom. The maximum absolute atomic E-state index is 13.2. The van der Waals surface area contributed by atoms with Crippen LogP contribution in [0, 0.1) is 0 Å². The van der Waals surface area contributed by atoms with E-state index in [0.29, 0.717) is 5.75 Å². The van der Waals surface area contributed by atoms with Crippen molar-refractivity contribution in [3.63, 3.8) is 0 Å². The highest BCUT2D eigenvalue weighted by atomic mass is 32.2. The monoisotopic (exact) mass is 484 g/mol. The summed E-state index contributed by atoms with van der Waals surface area (Å²) in [7, 11) is 0.558. The lowest BCUT2D eigenvalue weighted by Crippen LogP contribution is -2.29. The Labute approximate surface area is 200 Å². The summed E-state index contributed by atoms with van der Waals surface area (Å²) in [6.45, 7) is 0.678. The van der Waals surface area contributed by atoms with Crippen molar-refractivity contribution in [2.75, 3.05) is 34.4 Å². The molecule has 3 aromatic carbocycles. The number of nitrogens with zero attached hydrogens (tertiary/aromatic N) is 1. The molecule has 0 heterocycles. The van der Waals surface area contributed by atoms with Gasteiger partial charge in [0, 0.05) is 19.2 Å². The normalized spacial score (nSPS) is 11.2. The summed E-state index contributed by atoms with van der Waals surface area (Å²) in [5.74, 6) is 1.12. The molecular weight excluding hydrogens is 456 g/mol. The number of methoxy groups -OCH3 is 2. The van der Waals surface area contributed by atoms with Gasteiger partial charge in [-0.3, -0.25) is 4.79 Å². The van der Waals surface area contributed by atoms with Crippen LogP contribution in [0.4, 0.5) is 0 Å². The van der Waals surface area contributed by atoms with Crippen molar-refractivity contribution >= 4 is 15.9 Å². The van der Waals surface area contributed by atoms with E-state index >= 15 is 0 Å². The van der Waals surface area contributed by atoms with Crippen LogP contribution in [0.5, 0.6) is 17.2 Å². The minimum absolute atomic E-state index is 0.0736. The van der Waals surface area contributed by atoms with Gasteiger partial charge in [0.05, 0.1) is 20.8 Å². The molecule has 0 aliphatic rings. The van der Waals surface area contributed by atoms with E-state index in [0.717, 1.165) is 11.3 Å². The molecule has 0 unspecified atom stereocenters. The Bertz CT molecular complexity index is 1200. The van der Waals surface area contributed by atoms with E-state index < -0.39 is 15.9 Å². The Morgan fingerprint density at radius 3 is 2.24 bits per heavy atom. The van der Waals surface area contributed by atoms with Gasteiger partial charge in [-0.25, -0.2) is 8.42 Å². The number of rotatable bonds is 11. The average Bonchev–Trinajstić information content (AvgIpc) is 2.87. The molecule has 0 atom stereocenters. The number of nitrogens with one attached hydrogen (secondary N) is 1. The minimum Gasteiger partial charge on any atom is -0.497 e. The van der Waals surface area contributed by atoms with Crippen molar-refractivity contribution in [1.82, 2.24) is 9.62 Å². The Hall–Kier alpha value is -3.56. The Balaban J connectivity index is 1.66. The van der Waals surface area contributed by atoms with Gasteiger partial charge in [0.2, 0.25) is 10.0 Å². The predicted octanol–water partition coefficient (Wildman–Crippen LogP) is 3.33. The lowest BCUT2D eigenvalue weighted by molar-refractivity contribution is 0.0946. The van der Waals surface area contributed by atoms with Crippen LogP contribution < -0.4 is 19.5 Å². The third kappa shape index (κ3) is 6.27. The van der Waals surface area contributed by atoms with Crippen LogP contribution in [-0.4, -0.2) is 53.0 Å². The molecule has 0 aliphatic carbocycles. The van der Waals surface area contributed by atoms with Crippen LogP contribution in [0.1, 0.15) is 15.9 Å². The molecule has 0 bridgehead atoms. The van der Waals surface area contributed by atoms with E-state index in [1.807, 2.05) is 30.3 Å². The maximum Gasteiger partial charge on any atom is 0.251 e. The molecule has 8 nitrogen and oxygen atoms in total. The van der Waals surface area contributed by atoms with Crippen molar-refractivity contribution in [2.45, 2.75) is 11.4 Å². The molecule has 0 aromatic heterocycles. The fourth-order valence-electron chi connectivity index (χ4n) is 3.22. The number of ether oxygens (including phenoxy) is 3. The fraction of sp³-hybridized carbons (Fsp3) is 0.240. The molecule has 180 valence electrons. The van der Waals surface area contributed by atoms with Gasteiger partial charge < -0.3 is 19.5 Å². The van der Waals surface area contributed by atoms with Gasteiger partial charge in [0.1, 0.15) is 28.8 Å². The second-order valence-corrected chi connectivity index (χ2v) is 9.41. The molecule has 34 heavy (non-hydrogen) atoms. The predicted molar refractivity (Wildman–Crippen MR) is 129 cm³/mol. The summed E-state index contributed by atoms with van der Waals surface area (Å²) >= 11 is 0. The summed E-state index contributed by atoms with van der Waals surface area (Å²) in [5, 5.41) is 2.74. The fourth-order valence-corrected chi connectivity index (χ4v) is 4.56. The quantitative estimate of drug-likeness (QED) is 0.420. The van der Waals surface area contributed by atoms with Crippen LogP contribution >= 0.6 is 0 Å². The number of sulfonamides is 1. The zero-order chi connectivity index (χ0) is 24.6. The zero-order valence-corrected chi connectivity index (χ0v) is 20.2. The highest BCUT2D eigenvalue weighted by molar-refractivity contribution is 7.89. The molecule has 3 aromatic rings. The molecule has 0 aliphatic heterocycles. The summed E-state index contributed by atoms with van der Waals surface area (Å²) in [6, 6.07) is 20.7. The van der Waals surface area contributed by atoms with Crippen LogP contribution in [0.25, 0.3) is 0 Å². The first-order valence-corrected chi connectivity index (χ1v) is 12.0. The van der Waals surface area contributed by atoms with Crippen LogP contribution in [0.2, 0.25) is 0 Å². The third-order valence-corrected chi connectivity index (χ3v) is 6.90. The van der Waals surface area contributed by atoms with Crippen LogP contribution in [0.15, 0.2) is 77.7 Å². The molecule has 0 fully saturated rings. The summed E-state index contributed by atoms with van der Waals surface area (Å²) in [4.78, 5) is 12.6. The van der Waals surface area contributed by atoms with E-state index in [9.17, 15) is 13.2 Å². The highest BCUT2D eigenvalue weighted by Crippen LogP contribution is 2.28. The Kier molecular flexibility index (Phi) is 8.50. The van der Waals surface area contributed by atoms with E-state index in [4.69, 9.17) is 14.2 Å². The molecule has 0 saturated carbocycles. The van der Waals surface area contributed by atoms with E-state index in [1.54, 1.807) is 31.4 Å². The average molecular weight is 485 g/mol. The first-order chi connectivity index (χ1) is 16.3. The number of hydrogen-bond acceptors (Lipinski definition) is 6. The second kappa shape index (κ2) is 11.5. The number of amides is 1. The van der Waals surface area contributed by atoms with Gasteiger partial charge in [0.15, 0.2) is 0 Å². The smallest absolute Gasteiger partial charge is 0.251 e. The van der Waals surface area contributed by atoms with Gasteiger partial charge in [-0.1, -0.05) is 30.3 Å². The zero-order valence-electron chi connectivity index (χ0n) is 19.4. The first-order valence-electron chi connectivity index (χ1n) is 10.6. The SMILES string of the molecule is COc1ccc(OCCNC(=O)c2ccc(OC)c(S(=O)(=O)N(C)Cc3ccccc3)c2)cc1. The van der Waals surface area contributed by atoms with Gasteiger partial charge in [-0.2, -0.15) is 4.31 Å². The molecule has 1 N–H and O–H groups in total. The van der Waals surface area contributed by atoms with Gasteiger partial charge in [0.25, 0.3) is 5.91 Å². The molecule has 0 spiro atoms. The number of carbonyl (C=O) groups excluding carboxylic acids is 1. The summed E-state index contributed by atoms with van der Waals surface area (Å²) < 4.78 is 43.7. The number of carbonyl (C=O) groups is 1. The van der Waals surface area contributed by atoms with Crippen molar-refractivity contribution in [3.05, 3.63) is 83.9 Å². The number of benzene rings is 3. The molecule has 0 saturated heterocycles. The lowest BCUT2D eigenvalue weighted by Gasteiger charge is -2.19. The van der Waals surface area contributed by atoms with Crippen molar-refractivity contribution in [3.8, 4) is 17.2 Å². The third-order valence-electron chi connectivity index (χ3n) is 5.08. The molecular formula is C25H28N2O6S. The largest absolute Gasteiger partial charge is 0.497 e. The minimum atomic E-state index is -3.91. The van der Waals surface area contributed by atoms with Gasteiger partial charge in [-0.05, 0) is 48.0 Å². The Morgan fingerprint density at radius 2 is 1.59 bits per heavy atom. The first kappa shape index (κ1) is 25.1. The molecule has 9 heteroatoms. The number of hydrogen-bond donors (Lipinski definition) is 1. The molecule has 1 amide bonds. The van der Waals surface area contributed by atoms with Gasteiger partial charge in [-0.15, -0.1) is 0 Å². The second-order valence-electron chi connectivity index (χ2n) is 7.39. The van der Waals surface area contributed by atoms with E-state index in [-0.39, 0.29) is 35.9 Å². The highest BCUT2D eigenvalue weighted by Gasteiger charge is 2.26. The van der Waals surface area contributed by atoms with Crippen LogP contribution in [0.3, 0.4) is 0 Å². The topological polar surface area (TPSA) is 94.2 Å². The summed E-state index contributed by atoms with van der Waals surface area (Å²) in [5.41, 5.74) is 1.05. The van der Waals surface area contributed by atoms with E-state index in [2.05, 4.69) is 5.32 Å². The van der Waals surface area contributed by atoms with Crippen molar-refractivity contribution < 1.29 is 27.4 Å².